The molecule has 0 aromatic heterocycles. The lowest BCUT2D eigenvalue weighted by molar-refractivity contribution is -0.166. The summed E-state index contributed by atoms with van der Waals surface area (Å²) in [6.07, 6.45) is -6.49. The molecule has 0 bridgehead atoms. The van der Waals surface area contributed by atoms with Gasteiger partial charge in [0.05, 0.1) is 24.0 Å². The van der Waals surface area contributed by atoms with Crippen LogP contribution in [0, 0.1) is 0 Å². The molecular weight excluding hydrogens is 427 g/mol. The Hall–Kier alpha value is -2.92. The molecule has 11 heteroatoms. The van der Waals surface area contributed by atoms with Crippen LogP contribution in [0.3, 0.4) is 0 Å². The van der Waals surface area contributed by atoms with Crippen LogP contribution in [-0.4, -0.2) is 34.0 Å². The number of ether oxygens (including phenoxy) is 2. The van der Waals surface area contributed by atoms with E-state index in [2.05, 4.69) is 4.74 Å². The quantitative estimate of drug-likeness (QED) is 0.628. The molecular formula is C19H18F3NO6S. The highest BCUT2D eigenvalue weighted by molar-refractivity contribution is 7.89. The molecule has 2 rings (SSSR count). The SMILES string of the molecule is COC(=O)C(OC(=O)CCNS(=O)(=O)c1cccc(C(F)(F)F)c1)c1ccccc1. The number of hydrogen-bond donors (Lipinski definition) is 1. The molecule has 2 aromatic carbocycles. The molecule has 0 aliphatic carbocycles. The van der Waals surface area contributed by atoms with Crippen molar-refractivity contribution in [2.75, 3.05) is 13.7 Å². The number of hydrogen-bond acceptors (Lipinski definition) is 6. The molecule has 0 saturated heterocycles. The number of rotatable bonds is 8. The van der Waals surface area contributed by atoms with Crippen LogP contribution < -0.4 is 4.72 Å². The van der Waals surface area contributed by atoms with E-state index in [9.17, 15) is 31.2 Å². The van der Waals surface area contributed by atoms with Gasteiger partial charge in [-0.15, -0.1) is 0 Å². The summed E-state index contributed by atoms with van der Waals surface area (Å²) in [5.74, 6) is -1.72. The van der Waals surface area contributed by atoms with Crippen molar-refractivity contribution in [3.8, 4) is 0 Å². The number of alkyl halides is 3. The lowest BCUT2D eigenvalue weighted by Crippen LogP contribution is -2.28. The molecule has 0 saturated carbocycles. The highest BCUT2D eigenvalue weighted by Crippen LogP contribution is 2.30. The Balaban J connectivity index is 2.00. The van der Waals surface area contributed by atoms with Gasteiger partial charge in [-0.1, -0.05) is 36.4 Å². The summed E-state index contributed by atoms with van der Waals surface area (Å²) in [4.78, 5) is 23.3. The second kappa shape index (κ2) is 9.72. The van der Waals surface area contributed by atoms with E-state index in [1.54, 1.807) is 30.3 Å². The Morgan fingerprint density at radius 3 is 2.33 bits per heavy atom. The molecule has 30 heavy (non-hydrogen) atoms. The molecule has 1 unspecified atom stereocenters. The minimum atomic E-state index is -4.70. The van der Waals surface area contributed by atoms with Gasteiger partial charge in [-0.3, -0.25) is 4.79 Å². The average molecular weight is 445 g/mol. The molecule has 0 radical (unpaired) electrons. The normalized spacial score (nSPS) is 12.8. The van der Waals surface area contributed by atoms with Crippen molar-refractivity contribution >= 4 is 22.0 Å². The fraction of sp³-hybridized carbons (Fsp3) is 0.263. The standard InChI is InChI=1S/C19H18F3NO6S/c1-28-18(25)17(13-6-3-2-4-7-13)29-16(24)10-11-23-30(26,27)15-9-5-8-14(12-15)19(20,21)22/h2-9,12,17,23H,10-11H2,1H3. The first-order valence-corrected chi connectivity index (χ1v) is 10.0. The second-order valence-electron chi connectivity index (χ2n) is 5.98. The van der Waals surface area contributed by atoms with Crippen molar-refractivity contribution in [2.24, 2.45) is 0 Å². The number of carbonyl (C=O) groups excluding carboxylic acids is 2. The predicted molar refractivity (Wildman–Crippen MR) is 98.5 cm³/mol. The molecule has 0 aliphatic rings. The molecule has 0 spiro atoms. The summed E-state index contributed by atoms with van der Waals surface area (Å²) in [7, 11) is -3.17. The molecule has 1 atom stereocenters. The van der Waals surface area contributed by atoms with E-state index >= 15 is 0 Å². The summed E-state index contributed by atoms with van der Waals surface area (Å²) in [5.41, 5.74) is -0.754. The fourth-order valence-corrected chi connectivity index (χ4v) is 3.47. The highest BCUT2D eigenvalue weighted by atomic mass is 32.2. The number of halogens is 3. The maximum absolute atomic E-state index is 12.8. The first-order chi connectivity index (χ1) is 14.0. The Labute approximate surface area is 170 Å². The number of methoxy groups -OCH3 is 1. The van der Waals surface area contributed by atoms with Crippen molar-refractivity contribution < 1.29 is 40.7 Å². The minimum absolute atomic E-state index is 0.363. The van der Waals surface area contributed by atoms with Crippen LogP contribution in [0.2, 0.25) is 0 Å². The summed E-state index contributed by atoms with van der Waals surface area (Å²) >= 11 is 0. The summed E-state index contributed by atoms with van der Waals surface area (Å²) in [6, 6.07) is 11.2. The number of nitrogens with one attached hydrogen (secondary N) is 1. The van der Waals surface area contributed by atoms with Gasteiger partial charge in [0.15, 0.2) is 0 Å². The van der Waals surface area contributed by atoms with Gasteiger partial charge in [0.25, 0.3) is 0 Å². The number of esters is 2. The number of carbonyl (C=O) groups is 2. The topological polar surface area (TPSA) is 98.8 Å². The predicted octanol–water partition coefficient (Wildman–Crippen LogP) is 2.83. The van der Waals surface area contributed by atoms with Crippen LogP contribution in [0.25, 0.3) is 0 Å². The van der Waals surface area contributed by atoms with Gasteiger partial charge < -0.3 is 9.47 Å². The zero-order valence-electron chi connectivity index (χ0n) is 15.7. The van der Waals surface area contributed by atoms with Crippen molar-refractivity contribution in [1.29, 1.82) is 0 Å². The average Bonchev–Trinajstić information content (AvgIpc) is 2.71. The molecule has 0 fully saturated rings. The number of benzene rings is 2. The van der Waals surface area contributed by atoms with Gasteiger partial charge in [-0.25, -0.2) is 17.9 Å². The van der Waals surface area contributed by atoms with Crippen LogP contribution in [0.4, 0.5) is 13.2 Å². The van der Waals surface area contributed by atoms with Crippen molar-refractivity contribution in [1.82, 2.24) is 4.72 Å². The third-order valence-corrected chi connectivity index (χ3v) is 5.32. The van der Waals surface area contributed by atoms with E-state index in [4.69, 9.17) is 4.74 Å². The maximum atomic E-state index is 12.8. The van der Waals surface area contributed by atoms with Crippen molar-refractivity contribution in [3.63, 3.8) is 0 Å². The monoisotopic (exact) mass is 445 g/mol. The second-order valence-corrected chi connectivity index (χ2v) is 7.74. The van der Waals surface area contributed by atoms with Crippen molar-refractivity contribution in [3.05, 3.63) is 65.7 Å². The van der Waals surface area contributed by atoms with Crippen LogP contribution >= 0.6 is 0 Å². The van der Waals surface area contributed by atoms with Crippen LogP contribution in [-0.2, 0) is 35.3 Å². The molecule has 2 aromatic rings. The Bertz CT molecular complexity index is 993. The lowest BCUT2D eigenvalue weighted by Gasteiger charge is -2.16. The Morgan fingerprint density at radius 1 is 1.07 bits per heavy atom. The zero-order chi connectivity index (χ0) is 22.4. The molecule has 0 amide bonds. The van der Waals surface area contributed by atoms with E-state index in [1.165, 1.54) is 0 Å². The Morgan fingerprint density at radius 2 is 1.73 bits per heavy atom. The van der Waals surface area contributed by atoms with E-state index in [0.29, 0.717) is 11.6 Å². The summed E-state index contributed by atoms with van der Waals surface area (Å²) < 4.78 is 74.3. The van der Waals surface area contributed by atoms with Gasteiger partial charge in [-0.05, 0) is 18.2 Å². The number of sulfonamides is 1. The largest absolute Gasteiger partial charge is 0.466 e. The lowest BCUT2D eigenvalue weighted by atomic mass is 10.1. The third kappa shape index (κ3) is 6.29. The summed E-state index contributed by atoms with van der Waals surface area (Å²) in [6.45, 7) is -0.444. The molecule has 1 N–H and O–H groups in total. The fourth-order valence-electron chi connectivity index (χ4n) is 2.39. The third-order valence-electron chi connectivity index (χ3n) is 3.86. The van der Waals surface area contributed by atoms with Gasteiger partial charge in [0.1, 0.15) is 0 Å². The zero-order valence-corrected chi connectivity index (χ0v) is 16.5. The molecule has 7 nitrogen and oxygen atoms in total. The van der Waals surface area contributed by atoms with Crippen LogP contribution in [0.15, 0.2) is 59.5 Å². The first-order valence-electron chi connectivity index (χ1n) is 8.54. The van der Waals surface area contributed by atoms with Gasteiger partial charge in [0.2, 0.25) is 16.1 Å². The molecule has 0 aliphatic heterocycles. The molecule has 0 heterocycles. The van der Waals surface area contributed by atoms with Crippen LogP contribution in [0.1, 0.15) is 23.7 Å². The minimum Gasteiger partial charge on any atom is -0.466 e. The van der Waals surface area contributed by atoms with E-state index in [0.717, 1.165) is 25.3 Å². The van der Waals surface area contributed by atoms with E-state index < -0.39 is 57.7 Å². The Kier molecular flexibility index (Phi) is 7.57. The maximum Gasteiger partial charge on any atom is 0.416 e. The van der Waals surface area contributed by atoms with E-state index in [-0.39, 0.29) is 0 Å². The van der Waals surface area contributed by atoms with E-state index in [1.807, 2.05) is 4.72 Å². The van der Waals surface area contributed by atoms with Crippen molar-refractivity contribution in [2.45, 2.75) is 23.6 Å². The van der Waals surface area contributed by atoms with Gasteiger partial charge in [-0.2, -0.15) is 13.2 Å². The molecule has 162 valence electrons. The first kappa shape index (κ1) is 23.4. The summed E-state index contributed by atoms with van der Waals surface area (Å²) in [5, 5.41) is 0. The van der Waals surface area contributed by atoms with Gasteiger partial charge in [0, 0.05) is 12.1 Å². The van der Waals surface area contributed by atoms with Crippen LogP contribution in [0.5, 0.6) is 0 Å². The smallest absolute Gasteiger partial charge is 0.416 e. The van der Waals surface area contributed by atoms with Gasteiger partial charge >= 0.3 is 18.1 Å². The highest BCUT2D eigenvalue weighted by Gasteiger charge is 2.31.